The van der Waals surface area contributed by atoms with Gasteiger partial charge in [-0.25, -0.2) is 0 Å². The van der Waals surface area contributed by atoms with Crippen molar-refractivity contribution in [3.05, 3.63) is 0 Å². The van der Waals surface area contributed by atoms with Crippen LogP contribution in [-0.4, -0.2) is 55.6 Å². The Hall–Kier alpha value is -0.120. The first-order chi connectivity index (χ1) is 7.41. The Balaban J connectivity index is 4.09. The Labute approximate surface area is 102 Å². The van der Waals surface area contributed by atoms with Gasteiger partial charge in [-0.15, -0.1) is 0 Å². The van der Waals surface area contributed by atoms with Crippen LogP contribution < -0.4 is 5.73 Å². The average Bonchev–Trinajstić information content (AvgIpc) is 2.13. The fourth-order valence-electron chi connectivity index (χ4n) is 2.09. The molecule has 16 heavy (non-hydrogen) atoms. The monoisotopic (exact) mass is 229 g/mol. The molecule has 0 aliphatic rings. The predicted octanol–water partition coefficient (Wildman–Crippen LogP) is 1.78. The zero-order valence-corrected chi connectivity index (χ0v) is 11.9. The Morgan fingerprint density at radius 1 is 1.00 bits per heavy atom. The van der Waals surface area contributed by atoms with Crippen molar-refractivity contribution in [3.8, 4) is 0 Å². The smallest absolute Gasteiger partial charge is 0.0254 e. The molecule has 0 rings (SSSR count). The van der Waals surface area contributed by atoms with Crippen LogP contribution in [0.4, 0.5) is 0 Å². The summed E-state index contributed by atoms with van der Waals surface area (Å²) in [7, 11) is 4.25. The number of hydrogen-bond acceptors (Lipinski definition) is 3. The molecule has 98 valence electrons. The van der Waals surface area contributed by atoms with Crippen molar-refractivity contribution in [3.63, 3.8) is 0 Å². The van der Waals surface area contributed by atoms with Crippen LogP contribution in [0, 0.1) is 0 Å². The third kappa shape index (κ3) is 8.08. The SMILES string of the molecule is CCCN(CCN(C)C)CC(C)(N)CCC. The lowest BCUT2D eigenvalue weighted by molar-refractivity contribution is 0.192. The number of nitrogens with two attached hydrogens (primary N) is 1. The zero-order chi connectivity index (χ0) is 12.6. The molecular weight excluding hydrogens is 198 g/mol. The van der Waals surface area contributed by atoms with Crippen LogP contribution in [0.25, 0.3) is 0 Å². The highest BCUT2D eigenvalue weighted by molar-refractivity contribution is 4.82. The van der Waals surface area contributed by atoms with Crippen molar-refractivity contribution in [2.45, 2.75) is 45.6 Å². The van der Waals surface area contributed by atoms with Gasteiger partial charge in [0.05, 0.1) is 0 Å². The van der Waals surface area contributed by atoms with E-state index in [1.807, 2.05) is 0 Å². The van der Waals surface area contributed by atoms with Crippen molar-refractivity contribution in [2.24, 2.45) is 5.73 Å². The highest BCUT2D eigenvalue weighted by Crippen LogP contribution is 2.11. The van der Waals surface area contributed by atoms with Gasteiger partial charge in [0.1, 0.15) is 0 Å². The van der Waals surface area contributed by atoms with Gasteiger partial charge in [-0.1, -0.05) is 20.3 Å². The van der Waals surface area contributed by atoms with E-state index in [0.29, 0.717) is 0 Å². The largest absolute Gasteiger partial charge is 0.324 e. The molecule has 1 unspecified atom stereocenters. The molecule has 0 fully saturated rings. The quantitative estimate of drug-likeness (QED) is 0.654. The van der Waals surface area contributed by atoms with E-state index in [0.717, 1.165) is 32.6 Å². The van der Waals surface area contributed by atoms with Gasteiger partial charge in [0.25, 0.3) is 0 Å². The maximum atomic E-state index is 6.31. The fraction of sp³-hybridized carbons (Fsp3) is 1.00. The Kier molecular flexibility index (Phi) is 7.98. The molecule has 0 radical (unpaired) electrons. The lowest BCUT2D eigenvalue weighted by Crippen LogP contribution is -2.49. The molecular formula is C13H31N3. The highest BCUT2D eigenvalue weighted by Gasteiger charge is 2.20. The van der Waals surface area contributed by atoms with Crippen LogP contribution in [0.2, 0.25) is 0 Å². The molecule has 0 saturated heterocycles. The van der Waals surface area contributed by atoms with Gasteiger partial charge in [-0.2, -0.15) is 0 Å². The summed E-state index contributed by atoms with van der Waals surface area (Å²) < 4.78 is 0. The van der Waals surface area contributed by atoms with Crippen molar-refractivity contribution in [1.29, 1.82) is 0 Å². The summed E-state index contributed by atoms with van der Waals surface area (Å²) in [4.78, 5) is 4.73. The van der Waals surface area contributed by atoms with Gasteiger partial charge in [0.2, 0.25) is 0 Å². The standard InChI is InChI=1S/C13H31N3/c1-6-8-13(3,14)12-16(9-7-2)11-10-15(4)5/h6-12,14H2,1-5H3. The van der Waals surface area contributed by atoms with E-state index in [1.165, 1.54) is 12.8 Å². The van der Waals surface area contributed by atoms with E-state index >= 15 is 0 Å². The Morgan fingerprint density at radius 2 is 1.62 bits per heavy atom. The molecule has 2 N–H and O–H groups in total. The van der Waals surface area contributed by atoms with Gasteiger partial charge in [0.15, 0.2) is 0 Å². The predicted molar refractivity (Wildman–Crippen MR) is 72.8 cm³/mol. The maximum Gasteiger partial charge on any atom is 0.0254 e. The second kappa shape index (κ2) is 8.04. The molecule has 1 atom stereocenters. The van der Waals surface area contributed by atoms with Crippen LogP contribution >= 0.6 is 0 Å². The molecule has 0 saturated carbocycles. The van der Waals surface area contributed by atoms with Crippen molar-refractivity contribution < 1.29 is 0 Å². The first-order valence-electron chi connectivity index (χ1n) is 6.57. The van der Waals surface area contributed by atoms with Crippen LogP contribution in [0.15, 0.2) is 0 Å². The lowest BCUT2D eigenvalue weighted by Gasteiger charge is -2.33. The van der Waals surface area contributed by atoms with Gasteiger partial charge in [-0.05, 0) is 40.4 Å². The van der Waals surface area contributed by atoms with Crippen molar-refractivity contribution in [2.75, 3.05) is 40.3 Å². The molecule has 0 spiro atoms. The van der Waals surface area contributed by atoms with E-state index in [2.05, 4.69) is 44.7 Å². The van der Waals surface area contributed by atoms with E-state index in [-0.39, 0.29) is 5.54 Å². The normalized spacial score (nSPS) is 15.8. The van der Waals surface area contributed by atoms with E-state index in [1.54, 1.807) is 0 Å². The summed E-state index contributed by atoms with van der Waals surface area (Å²) >= 11 is 0. The molecule has 0 aromatic heterocycles. The summed E-state index contributed by atoms with van der Waals surface area (Å²) in [5.74, 6) is 0. The minimum absolute atomic E-state index is 0.0315. The third-order valence-corrected chi connectivity index (χ3v) is 2.81. The second-order valence-electron chi connectivity index (χ2n) is 5.48. The number of rotatable bonds is 9. The number of nitrogens with zero attached hydrogens (tertiary/aromatic N) is 2. The average molecular weight is 229 g/mol. The summed E-state index contributed by atoms with van der Waals surface area (Å²) in [6.45, 7) is 11.0. The topological polar surface area (TPSA) is 32.5 Å². The first kappa shape index (κ1) is 15.9. The summed E-state index contributed by atoms with van der Waals surface area (Å²) in [6.07, 6.45) is 3.48. The lowest BCUT2D eigenvalue weighted by atomic mass is 9.97. The fourth-order valence-corrected chi connectivity index (χ4v) is 2.09. The molecule has 0 aromatic rings. The van der Waals surface area contributed by atoms with Crippen molar-refractivity contribution in [1.82, 2.24) is 9.80 Å². The maximum absolute atomic E-state index is 6.31. The van der Waals surface area contributed by atoms with Gasteiger partial charge >= 0.3 is 0 Å². The Morgan fingerprint density at radius 3 is 2.06 bits per heavy atom. The summed E-state index contributed by atoms with van der Waals surface area (Å²) in [5, 5.41) is 0. The van der Waals surface area contributed by atoms with Crippen LogP contribution in [0.3, 0.4) is 0 Å². The number of likely N-dealkylation sites (N-methyl/N-ethyl adjacent to an activating group) is 1. The molecule has 0 aromatic carbocycles. The third-order valence-electron chi connectivity index (χ3n) is 2.81. The molecule has 0 heterocycles. The van der Waals surface area contributed by atoms with E-state index < -0.39 is 0 Å². The minimum Gasteiger partial charge on any atom is -0.324 e. The number of hydrogen-bond donors (Lipinski definition) is 1. The van der Waals surface area contributed by atoms with Gasteiger partial charge in [-0.3, -0.25) is 0 Å². The summed E-state index contributed by atoms with van der Waals surface area (Å²) in [5.41, 5.74) is 6.28. The highest BCUT2D eigenvalue weighted by atomic mass is 15.2. The second-order valence-corrected chi connectivity index (χ2v) is 5.48. The first-order valence-corrected chi connectivity index (χ1v) is 6.57. The summed E-state index contributed by atoms with van der Waals surface area (Å²) in [6, 6.07) is 0. The van der Waals surface area contributed by atoms with Crippen LogP contribution in [0.5, 0.6) is 0 Å². The van der Waals surface area contributed by atoms with Crippen LogP contribution in [-0.2, 0) is 0 Å². The zero-order valence-electron chi connectivity index (χ0n) is 11.9. The molecule has 0 bridgehead atoms. The van der Waals surface area contributed by atoms with Crippen LogP contribution in [0.1, 0.15) is 40.0 Å². The minimum atomic E-state index is -0.0315. The van der Waals surface area contributed by atoms with E-state index in [4.69, 9.17) is 5.73 Å². The van der Waals surface area contributed by atoms with Gasteiger partial charge < -0.3 is 15.5 Å². The molecule has 0 aliphatic carbocycles. The molecule has 0 amide bonds. The molecule has 3 nitrogen and oxygen atoms in total. The van der Waals surface area contributed by atoms with Gasteiger partial charge in [0, 0.05) is 25.2 Å². The van der Waals surface area contributed by atoms with E-state index in [9.17, 15) is 0 Å². The molecule has 0 aliphatic heterocycles. The Bertz CT molecular complexity index is 167. The van der Waals surface area contributed by atoms with Crippen molar-refractivity contribution >= 4 is 0 Å². The molecule has 3 heteroatoms.